The number of aliphatic imine (C=N–C) groups is 1. The van der Waals surface area contributed by atoms with Gasteiger partial charge in [0, 0.05) is 44.1 Å². The van der Waals surface area contributed by atoms with E-state index in [1.54, 1.807) is 12.4 Å². The number of aromatic nitrogens is 1. The van der Waals surface area contributed by atoms with Gasteiger partial charge < -0.3 is 21.5 Å². The minimum Gasteiger partial charge on any atom is -0.402 e. The van der Waals surface area contributed by atoms with Crippen LogP contribution in [-0.4, -0.2) is 42.5 Å². The average Bonchev–Trinajstić information content (AvgIpc) is 2.73. The predicted molar refractivity (Wildman–Crippen MR) is 111 cm³/mol. The number of aliphatic hydroxyl groups is 1. The third-order valence-electron chi connectivity index (χ3n) is 4.21. The second kappa shape index (κ2) is 10.7. The molecular formula is C20H23F4N6O2+. The Morgan fingerprint density at radius 1 is 1.38 bits per heavy atom. The molecule has 1 aromatic heterocycles. The predicted octanol–water partition coefficient (Wildman–Crippen LogP) is 1.79. The third-order valence-corrected chi connectivity index (χ3v) is 4.21. The number of hydrogen-bond donors (Lipinski definition) is 5. The summed E-state index contributed by atoms with van der Waals surface area (Å²) in [5.41, 5.74) is 3.75. The van der Waals surface area contributed by atoms with Gasteiger partial charge in [0.1, 0.15) is 5.82 Å². The molecule has 0 unspecified atom stereocenters. The molecule has 32 heavy (non-hydrogen) atoms. The number of quaternary nitrogens is 1. The van der Waals surface area contributed by atoms with E-state index in [1.807, 2.05) is 0 Å². The van der Waals surface area contributed by atoms with E-state index in [1.165, 1.54) is 25.3 Å². The van der Waals surface area contributed by atoms with Crippen LogP contribution in [0.25, 0.3) is 0 Å². The summed E-state index contributed by atoms with van der Waals surface area (Å²) >= 11 is 0. The lowest BCUT2D eigenvalue weighted by Gasteiger charge is -2.17. The molecule has 1 amide bonds. The number of likely N-dealkylation sites (N-methyl/N-ethyl adjacent to an activating group) is 1. The number of benzene rings is 1. The number of carbonyl (C=O) groups is 1. The van der Waals surface area contributed by atoms with Gasteiger partial charge in [-0.15, -0.1) is 0 Å². The molecule has 0 aliphatic heterocycles. The van der Waals surface area contributed by atoms with Gasteiger partial charge in [0.2, 0.25) is 5.84 Å². The molecule has 0 aliphatic rings. The molecule has 1 heterocycles. The van der Waals surface area contributed by atoms with E-state index in [0.29, 0.717) is 17.7 Å². The van der Waals surface area contributed by atoms with Crippen molar-refractivity contribution >= 4 is 28.9 Å². The molecule has 2 rings (SSSR count). The Hall–Kier alpha value is -3.51. The van der Waals surface area contributed by atoms with E-state index in [0.717, 1.165) is 12.1 Å². The molecule has 0 aliphatic carbocycles. The van der Waals surface area contributed by atoms with Gasteiger partial charge in [-0.3, -0.25) is 10.1 Å². The van der Waals surface area contributed by atoms with Crippen molar-refractivity contribution in [2.75, 3.05) is 26.0 Å². The maximum absolute atomic E-state index is 14.4. The first-order chi connectivity index (χ1) is 15.1. The molecule has 0 atom stereocenters. The molecule has 0 fully saturated rings. The second-order valence-electron chi connectivity index (χ2n) is 6.47. The van der Waals surface area contributed by atoms with Crippen LogP contribution >= 0.6 is 0 Å². The Kier molecular flexibility index (Phi) is 8.27. The highest BCUT2D eigenvalue weighted by molar-refractivity contribution is 6.00. The Morgan fingerprint density at radius 2 is 2.09 bits per heavy atom. The van der Waals surface area contributed by atoms with Gasteiger partial charge in [0.15, 0.2) is 5.82 Å². The van der Waals surface area contributed by atoms with Crippen LogP contribution in [0.3, 0.4) is 0 Å². The number of nitrogens with zero attached hydrogens (tertiary/aromatic N) is 2. The molecule has 0 saturated heterocycles. The van der Waals surface area contributed by atoms with Crippen molar-refractivity contribution in [1.29, 1.82) is 0 Å². The van der Waals surface area contributed by atoms with Crippen LogP contribution in [0, 0.1) is 5.82 Å². The van der Waals surface area contributed by atoms with Crippen LogP contribution in [0.5, 0.6) is 0 Å². The summed E-state index contributed by atoms with van der Waals surface area (Å²) in [7, 11) is 2.95. The maximum Gasteiger partial charge on any atom is 0.419 e. The van der Waals surface area contributed by atoms with Gasteiger partial charge in [0.25, 0.3) is 5.91 Å². The summed E-state index contributed by atoms with van der Waals surface area (Å²) in [6.45, 7) is -0.178. The normalized spacial score (nSPS) is 12.6. The number of anilines is 2. The number of hydrogen-bond acceptors (Lipinski definition) is 6. The summed E-state index contributed by atoms with van der Waals surface area (Å²) in [6.07, 6.45) is -2.60. The van der Waals surface area contributed by atoms with Gasteiger partial charge in [-0.05, 0) is 12.1 Å². The minimum absolute atomic E-state index is 0.112. The Morgan fingerprint density at radius 3 is 2.69 bits per heavy atom. The summed E-state index contributed by atoms with van der Waals surface area (Å²) in [5.74, 6) is -1.41. The SMILES string of the molecule is CNC(=O)c1cccc(F)c1Nc1cc(N=C(C=C(N)CCO)[NH2+]C)ncc1C(F)(F)F. The first-order valence-electron chi connectivity index (χ1n) is 9.40. The summed E-state index contributed by atoms with van der Waals surface area (Å²) < 4.78 is 55.1. The fourth-order valence-corrected chi connectivity index (χ4v) is 2.65. The summed E-state index contributed by atoms with van der Waals surface area (Å²) in [6, 6.07) is 4.55. The highest BCUT2D eigenvalue weighted by Gasteiger charge is 2.35. The van der Waals surface area contributed by atoms with Crippen LogP contribution in [0.2, 0.25) is 0 Å². The number of rotatable bonds is 7. The number of aliphatic hydroxyl groups excluding tert-OH is 1. The van der Waals surface area contributed by atoms with E-state index in [2.05, 4.69) is 20.6 Å². The number of pyridine rings is 1. The number of halogens is 4. The van der Waals surface area contributed by atoms with Crippen molar-refractivity contribution in [3.05, 3.63) is 59.2 Å². The van der Waals surface area contributed by atoms with Crippen molar-refractivity contribution in [3.63, 3.8) is 0 Å². The Bertz CT molecular complexity index is 1040. The van der Waals surface area contributed by atoms with Crippen molar-refractivity contribution < 1.29 is 32.8 Å². The number of nitrogens with one attached hydrogen (secondary N) is 2. The lowest BCUT2D eigenvalue weighted by Crippen LogP contribution is -2.83. The first-order valence-corrected chi connectivity index (χ1v) is 9.40. The van der Waals surface area contributed by atoms with Crippen LogP contribution in [0.4, 0.5) is 34.8 Å². The largest absolute Gasteiger partial charge is 0.419 e. The lowest BCUT2D eigenvalue weighted by atomic mass is 10.1. The standard InChI is InChI=1S/C20H22F4N6O2/c1-26-16(8-11(25)6-7-31)30-17-9-15(13(10-28-17)20(22,23)24)29-18-12(19(32)27-2)4-3-5-14(18)21/h3-5,8-10,31H,6-7,25H2,1-2H3,(H,27,32)(H2,26,28,29,30)/p+1. The van der Waals surface area contributed by atoms with Crippen LogP contribution in [0.1, 0.15) is 22.3 Å². The zero-order valence-corrected chi connectivity index (χ0v) is 17.3. The maximum atomic E-state index is 14.4. The molecule has 172 valence electrons. The third kappa shape index (κ3) is 6.25. The number of nitrogens with two attached hydrogens (primary N) is 2. The van der Waals surface area contributed by atoms with Crippen LogP contribution in [-0.2, 0) is 6.18 Å². The van der Waals surface area contributed by atoms with Crippen molar-refractivity contribution in [3.8, 4) is 0 Å². The molecule has 7 N–H and O–H groups in total. The zero-order chi connectivity index (χ0) is 23.9. The number of amidine groups is 1. The van der Waals surface area contributed by atoms with Gasteiger partial charge in [-0.1, -0.05) is 6.07 Å². The van der Waals surface area contributed by atoms with Gasteiger partial charge in [-0.25, -0.2) is 9.37 Å². The molecule has 0 spiro atoms. The smallest absolute Gasteiger partial charge is 0.402 e. The van der Waals surface area contributed by atoms with Crippen molar-refractivity contribution in [2.24, 2.45) is 10.7 Å². The van der Waals surface area contributed by atoms with Crippen LogP contribution in [0.15, 0.2) is 47.2 Å². The van der Waals surface area contributed by atoms with E-state index in [9.17, 15) is 22.4 Å². The fourth-order valence-electron chi connectivity index (χ4n) is 2.65. The minimum atomic E-state index is -4.80. The first kappa shape index (κ1) is 24.8. The summed E-state index contributed by atoms with van der Waals surface area (Å²) in [5, 5.41) is 15.2. The van der Waals surface area contributed by atoms with Crippen molar-refractivity contribution in [2.45, 2.75) is 12.6 Å². The summed E-state index contributed by atoms with van der Waals surface area (Å²) in [4.78, 5) is 19.9. The molecule has 2 aromatic rings. The number of amides is 1. The average molecular weight is 455 g/mol. The van der Waals surface area contributed by atoms with E-state index in [-0.39, 0.29) is 24.4 Å². The Balaban J connectivity index is 2.59. The fraction of sp³-hybridized carbons (Fsp3) is 0.250. The van der Waals surface area contributed by atoms with E-state index >= 15 is 0 Å². The van der Waals surface area contributed by atoms with Crippen LogP contribution < -0.4 is 21.7 Å². The monoisotopic (exact) mass is 455 g/mol. The zero-order valence-electron chi connectivity index (χ0n) is 17.3. The lowest BCUT2D eigenvalue weighted by molar-refractivity contribution is -0.504. The quantitative estimate of drug-likeness (QED) is 0.247. The molecule has 8 nitrogen and oxygen atoms in total. The highest BCUT2D eigenvalue weighted by atomic mass is 19.4. The molecular weight excluding hydrogens is 432 g/mol. The molecule has 0 radical (unpaired) electrons. The molecule has 1 aromatic carbocycles. The molecule has 0 bridgehead atoms. The highest BCUT2D eigenvalue weighted by Crippen LogP contribution is 2.38. The van der Waals surface area contributed by atoms with Crippen molar-refractivity contribution in [1.82, 2.24) is 10.3 Å². The van der Waals surface area contributed by atoms with Gasteiger partial charge in [0.05, 0.1) is 29.5 Å². The van der Waals surface area contributed by atoms with E-state index < -0.39 is 34.8 Å². The second-order valence-corrected chi connectivity index (χ2v) is 6.47. The topological polar surface area (TPSA) is 129 Å². The number of carbonyl (C=O) groups excluding carboxylic acids is 1. The van der Waals surface area contributed by atoms with E-state index in [4.69, 9.17) is 10.8 Å². The number of alkyl halides is 3. The number of para-hydroxylation sites is 1. The van der Waals surface area contributed by atoms with Gasteiger partial charge >= 0.3 is 6.18 Å². The molecule has 12 heteroatoms. The molecule has 0 saturated carbocycles. The van der Waals surface area contributed by atoms with Gasteiger partial charge in [-0.2, -0.15) is 18.2 Å². The Labute approximate surface area is 181 Å².